The monoisotopic (exact) mass is 203 g/mol. The molecular formula is C14H21N. The van der Waals surface area contributed by atoms with Crippen LogP contribution < -0.4 is 5.32 Å². The van der Waals surface area contributed by atoms with Crippen LogP contribution in [0, 0.1) is 0 Å². The molecule has 15 heavy (non-hydrogen) atoms. The lowest BCUT2D eigenvalue weighted by atomic mass is 9.94. The molecule has 1 nitrogen and oxygen atoms in total. The van der Waals surface area contributed by atoms with E-state index < -0.39 is 0 Å². The highest BCUT2D eigenvalue weighted by molar-refractivity contribution is 5.52. The smallest absolute Gasteiger partial charge is 0.0208 e. The van der Waals surface area contributed by atoms with Gasteiger partial charge in [-0.1, -0.05) is 31.2 Å². The topological polar surface area (TPSA) is 12.0 Å². The lowest BCUT2D eigenvalue weighted by Gasteiger charge is -2.14. The van der Waals surface area contributed by atoms with Gasteiger partial charge in [0.15, 0.2) is 0 Å². The van der Waals surface area contributed by atoms with E-state index in [4.69, 9.17) is 0 Å². The van der Waals surface area contributed by atoms with Crippen LogP contribution in [0.5, 0.6) is 0 Å². The summed E-state index contributed by atoms with van der Waals surface area (Å²) in [6.07, 6.45) is 9.82. The van der Waals surface area contributed by atoms with Crippen molar-refractivity contribution in [2.24, 2.45) is 0 Å². The first-order chi connectivity index (χ1) is 7.24. The van der Waals surface area contributed by atoms with Gasteiger partial charge in [0.05, 0.1) is 0 Å². The molecule has 0 spiro atoms. The van der Waals surface area contributed by atoms with Crippen molar-refractivity contribution < 1.29 is 0 Å². The van der Waals surface area contributed by atoms with Gasteiger partial charge in [-0.15, -0.1) is 0 Å². The molecular weight excluding hydrogens is 182 g/mol. The van der Waals surface area contributed by atoms with E-state index in [2.05, 4.69) is 50.4 Å². The van der Waals surface area contributed by atoms with Crippen molar-refractivity contribution in [2.45, 2.75) is 27.2 Å². The Morgan fingerprint density at radius 3 is 2.60 bits per heavy atom. The van der Waals surface area contributed by atoms with Gasteiger partial charge in [-0.2, -0.15) is 0 Å². The second-order valence-electron chi connectivity index (χ2n) is 3.79. The molecule has 1 rings (SSSR count). The highest BCUT2D eigenvalue weighted by atomic mass is 14.8. The zero-order valence-electron chi connectivity index (χ0n) is 10.2. The standard InChI is InChI=1S/C14H21N/c1-5-12-9-7-8-11(3)14(10-15-4)13(12)6-2/h5,7-9,15H,6,10H2,1-4H3/b12-5+. The van der Waals surface area contributed by atoms with E-state index in [0.717, 1.165) is 13.0 Å². The molecule has 0 unspecified atom stereocenters. The average Bonchev–Trinajstić information content (AvgIpc) is 2.39. The van der Waals surface area contributed by atoms with E-state index in [0.29, 0.717) is 0 Å². The van der Waals surface area contributed by atoms with Gasteiger partial charge in [-0.25, -0.2) is 0 Å². The van der Waals surface area contributed by atoms with Gasteiger partial charge < -0.3 is 5.32 Å². The first kappa shape index (κ1) is 12.0. The fraction of sp³-hybridized carbons (Fsp3) is 0.429. The Balaban J connectivity index is 3.23. The molecule has 0 saturated heterocycles. The Kier molecular flexibility index (Phi) is 4.57. The highest BCUT2D eigenvalue weighted by Crippen LogP contribution is 2.26. The van der Waals surface area contributed by atoms with Crippen molar-refractivity contribution in [3.63, 3.8) is 0 Å². The molecule has 1 heteroatoms. The molecule has 1 N–H and O–H groups in total. The predicted molar refractivity (Wildman–Crippen MR) is 67.9 cm³/mol. The van der Waals surface area contributed by atoms with Crippen molar-refractivity contribution in [3.05, 3.63) is 46.6 Å². The summed E-state index contributed by atoms with van der Waals surface area (Å²) in [6, 6.07) is 0. The first-order valence-corrected chi connectivity index (χ1v) is 5.63. The molecule has 0 amide bonds. The van der Waals surface area contributed by atoms with Gasteiger partial charge in [0.2, 0.25) is 0 Å². The fourth-order valence-corrected chi connectivity index (χ4v) is 2.02. The molecule has 1 aliphatic rings. The number of rotatable bonds is 3. The first-order valence-electron chi connectivity index (χ1n) is 5.63. The summed E-state index contributed by atoms with van der Waals surface area (Å²) < 4.78 is 0. The number of allylic oxidation sites excluding steroid dienone is 6. The van der Waals surface area contributed by atoms with Gasteiger partial charge >= 0.3 is 0 Å². The maximum absolute atomic E-state index is 3.25. The third-order valence-corrected chi connectivity index (χ3v) is 2.83. The molecule has 0 heterocycles. The van der Waals surface area contributed by atoms with Gasteiger partial charge in [0.1, 0.15) is 0 Å². The molecule has 0 aliphatic heterocycles. The van der Waals surface area contributed by atoms with Crippen LogP contribution in [0.3, 0.4) is 0 Å². The molecule has 0 atom stereocenters. The van der Waals surface area contributed by atoms with Crippen LogP contribution in [-0.4, -0.2) is 13.6 Å². The Labute approximate surface area is 93.3 Å². The molecule has 82 valence electrons. The average molecular weight is 203 g/mol. The lowest BCUT2D eigenvalue weighted by molar-refractivity contribution is 0.868. The van der Waals surface area contributed by atoms with Crippen molar-refractivity contribution >= 4 is 0 Å². The van der Waals surface area contributed by atoms with Gasteiger partial charge in [-0.3, -0.25) is 0 Å². The van der Waals surface area contributed by atoms with Crippen molar-refractivity contribution in [1.82, 2.24) is 5.32 Å². The van der Waals surface area contributed by atoms with Crippen LogP contribution in [0.1, 0.15) is 27.2 Å². The minimum Gasteiger partial charge on any atom is -0.316 e. The molecule has 0 saturated carbocycles. The predicted octanol–water partition coefficient (Wildman–Crippen LogP) is 3.37. The fourth-order valence-electron chi connectivity index (χ4n) is 2.02. The van der Waals surface area contributed by atoms with Gasteiger partial charge in [0.25, 0.3) is 0 Å². The van der Waals surface area contributed by atoms with Crippen LogP contribution in [0.2, 0.25) is 0 Å². The molecule has 1 aliphatic carbocycles. The minimum atomic E-state index is 0.949. The van der Waals surface area contributed by atoms with Crippen LogP contribution in [0.25, 0.3) is 0 Å². The summed E-state index contributed by atoms with van der Waals surface area (Å²) >= 11 is 0. The Morgan fingerprint density at radius 1 is 1.33 bits per heavy atom. The summed E-state index contributed by atoms with van der Waals surface area (Å²) in [6.45, 7) is 7.46. The summed E-state index contributed by atoms with van der Waals surface area (Å²) in [5.41, 5.74) is 5.64. The van der Waals surface area contributed by atoms with E-state index in [1.54, 1.807) is 0 Å². The summed E-state index contributed by atoms with van der Waals surface area (Å²) in [5.74, 6) is 0. The van der Waals surface area contributed by atoms with Crippen molar-refractivity contribution in [1.29, 1.82) is 0 Å². The van der Waals surface area contributed by atoms with Crippen molar-refractivity contribution in [2.75, 3.05) is 13.6 Å². The molecule has 0 bridgehead atoms. The summed E-state index contributed by atoms with van der Waals surface area (Å²) in [7, 11) is 2.00. The number of hydrogen-bond donors (Lipinski definition) is 1. The number of hydrogen-bond acceptors (Lipinski definition) is 1. The maximum Gasteiger partial charge on any atom is 0.0208 e. The van der Waals surface area contributed by atoms with Gasteiger partial charge in [-0.05, 0) is 49.6 Å². The number of nitrogens with one attached hydrogen (secondary N) is 1. The number of likely N-dealkylation sites (N-methyl/N-ethyl adjacent to an activating group) is 1. The Morgan fingerprint density at radius 2 is 2.07 bits per heavy atom. The SMILES string of the molecule is C/C=C1\C=CC=C(C)C(CNC)=C1CC. The Bertz CT molecular complexity index is 340. The van der Waals surface area contributed by atoms with Crippen LogP contribution in [-0.2, 0) is 0 Å². The highest BCUT2D eigenvalue weighted by Gasteiger charge is 2.10. The summed E-state index contributed by atoms with van der Waals surface area (Å²) in [5, 5.41) is 3.25. The molecule has 0 aromatic rings. The second kappa shape index (κ2) is 5.72. The zero-order chi connectivity index (χ0) is 11.3. The third-order valence-electron chi connectivity index (χ3n) is 2.83. The molecule has 0 fully saturated rings. The molecule has 0 aromatic carbocycles. The van der Waals surface area contributed by atoms with E-state index >= 15 is 0 Å². The Hall–Kier alpha value is -1.08. The largest absolute Gasteiger partial charge is 0.316 e. The maximum atomic E-state index is 3.25. The molecule has 0 radical (unpaired) electrons. The zero-order valence-corrected chi connectivity index (χ0v) is 10.2. The van der Waals surface area contributed by atoms with Crippen LogP contribution in [0.15, 0.2) is 46.6 Å². The summed E-state index contributed by atoms with van der Waals surface area (Å²) in [4.78, 5) is 0. The van der Waals surface area contributed by atoms with E-state index in [9.17, 15) is 0 Å². The lowest BCUT2D eigenvalue weighted by Crippen LogP contribution is -2.13. The quantitative estimate of drug-likeness (QED) is 0.741. The third kappa shape index (κ3) is 2.69. The van der Waals surface area contributed by atoms with Crippen LogP contribution in [0.4, 0.5) is 0 Å². The van der Waals surface area contributed by atoms with Crippen molar-refractivity contribution in [3.8, 4) is 0 Å². The van der Waals surface area contributed by atoms with E-state index in [-0.39, 0.29) is 0 Å². The van der Waals surface area contributed by atoms with E-state index in [1.165, 1.54) is 22.3 Å². The minimum absolute atomic E-state index is 0.949. The van der Waals surface area contributed by atoms with Crippen LogP contribution >= 0.6 is 0 Å². The second-order valence-corrected chi connectivity index (χ2v) is 3.79. The van der Waals surface area contributed by atoms with E-state index in [1.807, 2.05) is 7.05 Å². The van der Waals surface area contributed by atoms with Gasteiger partial charge in [0, 0.05) is 6.54 Å². The molecule has 0 aromatic heterocycles. The normalized spacial score (nSPS) is 19.5.